The Kier molecular flexibility index (Phi) is 4.34. The lowest BCUT2D eigenvalue weighted by molar-refractivity contribution is -0.133. The van der Waals surface area contributed by atoms with Gasteiger partial charge in [0.05, 0.1) is 6.42 Å². The maximum Gasteiger partial charge on any atom is 0.252 e. The summed E-state index contributed by atoms with van der Waals surface area (Å²) < 4.78 is 1.63. The first-order valence-corrected chi connectivity index (χ1v) is 10.3. The number of amides is 1. The van der Waals surface area contributed by atoms with Crippen molar-refractivity contribution < 1.29 is 4.79 Å². The van der Waals surface area contributed by atoms with Crippen LogP contribution in [0, 0.1) is 0 Å². The number of likely N-dealkylation sites (tertiary alicyclic amines) is 1. The Morgan fingerprint density at radius 1 is 1.11 bits per heavy atom. The Morgan fingerprint density at radius 3 is 2.93 bits per heavy atom. The van der Waals surface area contributed by atoms with Gasteiger partial charge in [-0.05, 0) is 49.3 Å². The van der Waals surface area contributed by atoms with E-state index in [0.717, 1.165) is 25.9 Å². The molecule has 0 bridgehead atoms. The molecule has 1 aliphatic carbocycles. The van der Waals surface area contributed by atoms with Crippen molar-refractivity contribution in [2.75, 3.05) is 13.1 Å². The van der Waals surface area contributed by atoms with Gasteiger partial charge in [0.2, 0.25) is 5.91 Å². The molecule has 5 rings (SSSR count). The summed E-state index contributed by atoms with van der Waals surface area (Å²) in [5.41, 5.74) is 3.05. The highest BCUT2D eigenvalue weighted by atomic mass is 16.2. The van der Waals surface area contributed by atoms with Gasteiger partial charge in [0.25, 0.3) is 5.78 Å². The Bertz CT molecular complexity index is 980. The molecule has 3 aromatic rings. The Balaban J connectivity index is 1.38. The second-order valence-corrected chi connectivity index (χ2v) is 8.13. The summed E-state index contributed by atoms with van der Waals surface area (Å²) in [6.07, 6.45) is 10.8. The number of rotatable bonds is 2. The monoisotopic (exact) mass is 375 g/mol. The molecule has 1 aromatic carbocycles. The van der Waals surface area contributed by atoms with Gasteiger partial charge in [-0.15, -0.1) is 5.10 Å². The molecule has 1 unspecified atom stereocenters. The van der Waals surface area contributed by atoms with E-state index in [1.54, 1.807) is 10.7 Å². The highest BCUT2D eigenvalue weighted by Crippen LogP contribution is 2.42. The smallest absolute Gasteiger partial charge is 0.252 e. The van der Waals surface area contributed by atoms with Crippen LogP contribution in [0.15, 0.2) is 42.7 Å². The van der Waals surface area contributed by atoms with Crippen molar-refractivity contribution in [3.8, 4) is 0 Å². The SMILES string of the molecule is O=C(Cc1nc2ncccn2n1)N1CCCC2(CCCCc3ccccc32)C1. The van der Waals surface area contributed by atoms with Crippen molar-refractivity contribution in [2.24, 2.45) is 0 Å². The lowest BCUT2D eigenvalue weighted by Crippen LogP contribution is -2.49. The zero-order valence-corrected chi connectivity index (χ0v) is 16.0. The molecule has 0 N–H and O–H groups in total. The van der Waals surface area contributed by atoms with E-state index >= 15 is 0 Å². The van der Waals surface area contributed by atoms with Crippen LogP contribution in [-0.4, -0.2) is 43.5 Å². The number of carbonyl (C=O) groups excluding carboxylic acids is 1. The number of benzene rings is 1. The molecule has 2 aromatic heterocycles. The van der Waals surface area contributed by atoms with Crippen molar-refractivity contribution in [3.05, 3.63) is 59.7 Å². The van der Waals surface area contributed by atoms with Gasteiger partial charge in [-0.1, -0.05) is 30.7 Å². The summed E-state index contributed by atoms with van der Waals surface area (Å²) in [6, 6.07) is 10.7. The van der Waals surface area contributed by atoms with Crippen molar-refractivity contribution in [3.63, 3.8) is 0 Å². The van der Waals surface area contributed by atoms with Gasteiger partial charge in [0, 0.05) is 30.9 Å². The Labute approximate surface area is 164 Å². The van der Waals surface area contributed by atoms with E-state index in [2.05, 4.69) is 39.3 Å². The van der Waals surface area contributed by atoms with Crippen molar-refractivity contribution >= 4 is 11.7 Å². The highest BCUT2D eigenvalue weighted by Gasteiger charge is 2.40. The molecule has 6 nitrogen and oxygen atoms in total. The summed E-state index contributed by atoms with van der Waals surface area (Å²) in [5.74, 6) is 1.21. The van der Waals surface area contributed by atoms with Gasteiger partial charge in [-0.2, -0.15) is 4.98 Å². The molecule has 1 atom stereocenters. The number of aryl methyl sites for hydroxylation is 1. The van der Waals surface area contributed by atoms with Crippen LogP contribution in [0.25, 0.3) is 5.78 Å². The topological polar surface area (TPSA) is 63.4 Å². The van der Waals surface area contributed by atoms with E-state index in [1.165, 1.54) is 36.8 Å². The molecule has 2 aliphatic rings. The van der Waals surface area contributed by atoms with Crippen LogP contribution in [0.2, 0.25) is 0 Å². The first kappa shape index (κ1) is 17.3. The number of hydrogen-bond acceptors (Lipinski definition) is 4. The molecule has 28 heavy (non-hydrogen) atoms. The fourth-order valence-corrected chi connectivity index (χ4v) is 5.04. The van der Waals surface area contributed by atoms with E-state index in [9.17, 15) is 4.79 Å². The maximum atomic E-state index is 13.1. The number of aromatic nitrogens is 4. The Morgan fingerprint density at radius 2 is 2.00 bits per heavy atom. The fraction of sp³-hybridized carbons (Fsp3) is 0.455. The molecule has 1 spiro atoms. The first-order chi connectivity index (χ1) is 13.7. The third-order valence-electron chi connectivity index (χ3n) is 6.34. The average Bonchev–Trinajstić information content (AvgIpc) is 3.05. The van der Waals surface area contributed by atoms with Crippen molar-refractivity contribution in [1.29, 1.82) is 0 Å². The van der Waals surface area contributed by atoms with Crippen LogP contribution < -0.4 is 0 Å². The summed E-state index contributed by atoms with van der Waals surface area (Å²) in [5, 5.41) is 4.40. The van der Waals surface area contributed by atoms with Crippen LogP contribution in [0.4, 0.5) is 0 Å². The minimum absolute atomic E-state index is 0.106. The van der Waals surface area contributed by atoms with Crippen LogP contribution in [-0.2, 0) is 23.1 Å². The molecular formula is C22H25N5O. The third-order valence-corrected chi connectivity index (χ3v) is 6.34. The minimum Gasteiger partial charge on any atom is -0.341 e. The molecular weight excluding hydrogens is 350 g/mol. The standard InChI is InChI=1S/C22H25N5O/c28-20(15-19-24-21-23-12-6-14-27(21)25-19)26-13-5-11-22(16-26)10-4-3-8-17-7-1-2-9-18(17)22/h1-2,6-7,9,12,14H,3-5,8,10-11,13,15-16H2. The average molecular weight is 375 g/mol. The van der Waals surface area contributed by atoms with Gasteiger partial charge in [-0.25, -0.2) is 9.50 Å². The zero-order valence-electron chi connectivity index (χ0n) is 16.0. The second kappa shape index (κ2) is 7.00. The van der Waals surface area contributed by atoms with Crippen LogP contribution in [0.5, 0.6) is 0 Å². The van der Waals surface area contributed by atoms with E-state index in [4.69, 9.17) is 0 Å². The van der Waals surface area contributed by atoms with Crippen molar-refractivity contribution in [1.82, 2.24) is 24.5 Å². The van der Waals surface area contributed by atoms with Crippen molar-refractivity contribution in [2.45, 2.75) is 50.4 Å². The molecule has 1 amide bonds. The molecule has 1 aliphatic heterocycles. The normalized spacial score (nSPS) is 22.2. The molecule has 3 heterocycles. The number of fused-ring (bicyclic) bond motifs is 3. The lowest BCUT2D eigenvalue weighted by Gasteiger charge is -2.43. The molecule has 0 saturated carbocycles. The molecule has 1 fully saturated rings. The molecule has 6 heteroatoms. The number of carbonyl (C=O) groups is 1. The fourth-order valence-electron chi connectivity index (χ4n) is 5.04. The molecule has 144 valence electrons. The minimum atomic E-state index is 0.106. The van der Waals surface area contributed by atoms with E-state index in [0.29, 0.717) is 11.6 Å². The summed E-state index contributed by atoms with van der Waals surface area (Å²) in [4.78, 5) is 23.7. The lowest BCUT2D eigenvalue weighted by atomic mass is 9.70. The number of hydrogen-bond donors (Lipinski definition) is 0. The first-order valence-electron chi connectivity index (χ1n) is 10.3. The molecule has 1 saturated heterocycles. The summed E-state index contributed by atoms with van der Waals surface area (Å²) in [7, 11) is 0. The Hall–Kier alpha value is -2.76. The second-order valence-electron chi connectivity index (χ2n) is 8.13. The predicted molar refractivity (Wildman–Crippen MR) is 106 cm³/mol. The van der Waals surface area contributed by atoms with Gasteiger partial charge < -0.3 is 4.90 Å². The summed E-state index contributed by atoms with van der Waals surface area (Å²) in [6.45, 7) is 1.64. The van der Waals surface area contributed by atoms with Crippen LogP contribution in [0.3, 0.4) is 0 Å². The van der Waals surface area contributed by atoms with Gasteiger partial charge in [0.1, 0.15) is 0 Å². The zero-order chi connectivity index (χ0) is 19.0. The van der Waals surface area contributed by atoms with Gasteiger partial charge >= 0.3 is 0 Å². The van der Waals surface area contributed by atoms with E-state index in [1.807, 2.05) is 17.2 Å². The van der Waals surface area contributed by atoms with Crippen LogP contribution in [0.1, 0.15) is 49.1 Å². The van der Waals surface area contributed by atoms with E-state index in [-0.39, 0.29) is 17.7 Å². The number of piperidine rings is 1. The molecule has 0 radical (unpaired) electrons. The van der Waals surface area contributed by atoms with E-state index < -0.39 is 0 Å². The number of nitrogens with zero attached hydrogens (tertiary/aromatic N) is 5. The highest BCUT2D eigenvalue weighted by molar-refractivity contribution is 5.78. The largest absolute Gasteiger partial charge is 0.341 e. The van der Waals surface area contributed by atoms with Crippen LogP contribution >= 0.6 is 0 Å². The summed E-state index contributed by atoms with van der Waals surface area (Å²) >= 11 is 0. The van der Waals surface area contributed by atoms with Gasteiger partial charge in [0.15, 0.2) is 5.82 Å². The predicted octanol–water partition coefficient (Wildman–Crippen LogP) is 2.95. The quantitative estimate of drug-likeness (QED) is 0.691. The van der Waals surface area contributed by atoms with Gasteiger partial charge in [-0.3, -0.25) is 4.79 Å². The third kappa shape index (κ3) is 3.07. The maximum absolute atomic E-state index is 13.1.